The average Bonchev–Trinajstić information content (AvgIpc) is 3.32. The Morgan fingerprint density at radius 3 is 2.54 bits per heavy atom. The monoisotopic (exact) mass is 484 g/mol. The van der Waals surface area contributed by atoms with Crippen LogP contribution in [0.15, 0.2) is 72.1 Å². The highest BCUT2D eigenvalue weighted by Crippen LogP contribution is 2.41. The molecule has 4 aromatic rings. The molecule has 2 atom stereocenters. The van der Waals surface area contributed by atoms with Crippen LogP contribution in [0.1, 0.15) is 49.2 Å². The maximum Gasteiger partial charge on any atom is 0.338 e. The first-order valence-electron chi connectivity index (χ1n) is 11.9. The van der Waals surface area contributed by atoms with Gasteiger partial charge in [-0.15, -0.1) is 11.3 Å². The van der Waals surface area contributed by atoms with E-state index in [4.69, 9.17) is 4.74 Å². The van der Waals surface area contributed by atoms with Crippen LogP contribution in [0.25, 0.3) is 21.2 Å². The molecule has 5 rings (SSSR count). The van der Waals surface area contributed by atoms with Crippen molar-refractivity contribution in [2.45, 2.75) is 39.3 Å². The SMILES string of the molecule is CCOC(=O)c1ccc(-c2ccc3c(c2)[C@H](Nc2ccc4sccc4c2)C[C@H](C)N3C(C)=O)cc1. The van der Waals surface area contributed by atoms with Crippen LogP contribution >= 0.6 is 11.3 Å². The van der Waals surface area contributed by atoms with Crippen molar-refractivity contribution in [2.75, 3.05) is 16.8 Å². The molecule has 0 aliphatic carbocycles. The number of benzene rings is 3. The zero-order chi connectivity index (χ0) is 24.5. The molecular formula is C29H28N2O3S. The molecule has 1 aromatic heterocycles. The number of hydrogen-bond donors (Lipinski definition) is 1. The van der Waals surface area contributed by atoms with Crippen molar-refractivity contribution in [1.82, 2.24) is 0 Å². The lowest BCUT2D eigenvalue weighted by molar-refractivity contribution is -0.117. The molecule has 0 spiro atoms. The Balaban J connectivity index is 1.51. The lowest BCUT2D eigenvalue weighted by Crippen LogP contribution is -2.43. The van der Waals surface area contributed by atoms with Crippen LogP contribution in [0, 0.1) is 0 Å². The Morgan fingerprint density at radius 2 is 1.80 bits per heavy atom. The summed E-state index contributed by atoms with van der Waals surface area (Å²) in [5, 5.41) is 7.07. The predicted octanol–water partition coefficient (Wildman–Crippen LogP) is 7.04. The van der Waals surface area contributed by atoms with Gasteiger partial charge in [0.25, 0.3) is 0 Å². The van der Waals surface area contributed by atoms with Gasteiger partial charge in [0.15, 0.2) is 0 Å². The molecule has 1 amide bonds. The third-order valence-electron chi connectivity index (χ3n) is 6.54. The molecule has 1 aliphatic heterocycles. The highest BCUT2D eigenvalue weighted by molar-refractivity contribution is 7.17. The maximum absolute atomic E-state index is 12.5. The van der Waals surface area contributed by atoms with E-state index in [1.165, 1.54) is 10.1 Å². The van der Waals surface area contributed by atoms with Gasteiger partial charge >= 0.3 is 5.97 Å². The van der Waals surface area contributed by atoms with E-state index in [2.05, 4.69) is 48.0 Å². The summed E-state index contributed by atoms with van der Waals surface area (Å²) < 4.78 is 6.37. The molecule has 0 bridgehead atoms. The number of anilines is 2. The molecule has 0 radical (unpaired) electrons. The lowest BCUT2D eigenvalue weighted by Gasteiger charge is -2.39. The van der Waals surface area contributed by atoms with Gasteiger partial charge in [0.2, 0.25) is 5.91 Å². The summed E-state index contributed by atoms with van der Waals surface area (Å²) in [7, 11) is 0. The van der Waals surface area contributed by atoms with Crippen molar-refractivity contribution in [3.63, 3.8) is 0 Å². The van der Waals surface area contributed by atoms with Gasteiger partial charge in [0, 0.05) is 29.0 Å². The van der Waals surface area contributed by atoms with E-state index < -0.39 is 0 Å². The summed E-state index contributed by atoms with van der Waals surface area (Å²) >= 11 is 1.74. The van der Waals surface area contributed by atoms with Crippen molar-refractivity contribution in [3.8, 4) is 11.1 Å². The number of nitrogens with one attached hydrogen (secondary N) is 1. The molecule has 0 saturated heterocycles. The second kappa shape index (κ2) is 9.55. The van der Waals surface area contributed by atoms with Crippen LogP contribution in [0.3, 0.4) is 0 Å². The molecule has 2 heterocycles. The molecule has 0 saturated carbocycles. The number of hydrogen-bond acceptors (Lipinski definition) is 5. The van der Waals surface area contributed by atoms with E-state index in [0.29, 0.717) is 12.2 Å². The number of carbonyl (C=O) groups excluding carboxylic acids is 2. The van der Waals surface area contributed by atoms with Crippen molar-refractivity contribution in [3.05, 3.63) is 83.2 Å². The van der Waals surface area contributed by atoms with Crippen LogP contribution in [0.4, 0.5) is 11.4 Å². The van der Waals surface area contributed by atoms with Gasteiger partial charge in [0.05, 0.1) is 18.2 Å². The molecule has 178 valence electrons. The summed E-state index contributed by atoms with van der Waals surface area (Å²) in [4.78, 5) is 26.4. The zero-order valence-electron chi connectivity index (χ0n) is 20.1. The molecule has 3 aromatic carbocycles. The largest absolute Gasteiger partial charge is 0.462 e. The van der Waals surface area contributed by atoms with Crippen LogP contribution in [0.5, 0.6) is 0 Å². The number of rotatable bonds is 5. The third-order valence-corrected chi connectivity index (χ3v) is 7.44. The van der Waals surface area contributed by atoms with Gasteiger partial charge in [0.1, 0.15) is 0 Å². The summed E-state index contributed by atoms with van der Waals surface area (Å²) in [5.41, 5.74) is 5.69. The van der Waals surface area contributed by atoms with E-state index in [1.807, 2.05) is 29.2 Å². The van der Waals surface area contributed by atoms with Crippen LogP contribution in [-0.4, -0.2) is 24.5 Å². The molecule has 1 N–H and O–H groups in total. The van der Waals surface area contributed by atoms with Crippen LogP contribution in [0.2, 0.25) is 0 Å². The second-order valence-corrected chi connectivity index (χ2v) is 9.86. The van der Waals surface area contributed by atoms with E-state index >= 15 is 0 Å². The van der Waals surface area contributed by atoms with Crippen LogP contribution < -0.4 is 10.2 Å². The highest BCUT2D eigenvalue weighted by Gasteiger charge is 2.32. The average molecular weight is 485 g/mol. The summed E-state index contributed by atoms with van der Waals surface area (Å²) in [5.74, 6) is -0.272. The standard InChI is InChI=1S/C29H28N2O3S/c1-4-34-29(33)21-7-5-20(6-8-21)22-9-11-27-25(17-22)26(15-18(2)31(27)19(3)32)30-24-10-12-28-23(16-24)13-14-35-28/h5-14,16-18,26,30H,4,15H2,1-3H3/t18-,26+/m0/s1. The Hall–Kier alpha value is -3.64. The van der Waals surface area contributed by atoms with Gasteiger partial charge in [-0.25, -0.2) is 4.79 Å². The molecule has 1 aliphatic rings. The number of amides is 1. The molecule has 5 nitrogen and oxygen atoms in total. The first kappa shape index (κ1) is 23.1. The molecule has 0 fully saturated rings. The normalized spacial score (nSPS) is 17.2. The summed E-state index contributed by atoms with van der Waals surface area (Å²) in [6, 6.07) is 22.5. The molecule has 35 heavy (non-hydrogen) atoms. The van der Waals surface area contributed by atoms with E-state index in [9.17, 15) is 9.59 Å². The Morgan fingerprint density at radius 1 is 1.03 bits per heavy atom. The number of nitrogens with zero attached hydrogens (tertiary/aromatic N) is 1. The van der Waals surface area contributed by atoms with Crippen molar-refractivity contribution in [2.24, 2.45) is 0 Å². The first-order chi connectivity index (χ1) is 16.9. The number of ether oxygens (including phenoxy) is 1. The number of fused-ring (bicyclic) bond motifs is 2. The first-order valence-corrected chi connectivity index (χ1v) is 12.8. The van der Waals surface area contributed by atoms with Gasteiger partial charge < -0.3 is 15.0 Å². The number of esters is 1. The zero-order valence-corrected chi connectivity index (χ0v) is 20.9. The molecule has 6 heteroatoms. The van der Waals surface area contributed by atoms with Crippen molar-refractivity contribution >= 4 is 44.7 Å². The fraction of sp³-hybridized carbons (Fsp3) is 0.241. The minimum atomic E-state index is -0.317. The van der Waals surface area contributed by atoms with E-state index in [1.54, 1.807) is 37.3 Å². The summed E-state index contributed by atoms with van der Waals surface area (Å²) in [6.45, 7) is 5.88. The third kappa shape index (κ3) is 4.54. The number of thiophene rings is 1. The fourth-order valence-corrected chi connectivity index (χ4v) is 5.70. The Kier molecular flexibility index (Phi) is 6.31. The van der Waals surface area contributed by atoms with Gasteiger partial charge in [-0.2, -0.15) is 0 Å². The van der Waals surface area contributed by atoms with Gasteiger partial charge in [-0.1, -0.05) is 18.2 Å². The fourth-order valence-electron chi connectivity index (χ4n) is 4.93. The molecule has 0 unspecified atom stereocenters. The maximum atomic E-state index is 12.5. The quantitative estimate of drug-likeness (QED) is 0.309. The van der Waals surface area contributed by atoms with Crippen molar-refractivity contribution < 1.29 is 14.3 Å². The Labute approximate surface area is 209 Å². The van der Waals surface area contributed by atoms with E-state index in [-0.39, 0.29) is 24.0 Å². The molecular weight excluding hydrogens is 456 g/mol. The van der Waals surface area contributed by atoms with Crippen LogP contribution in [-0.2, 0) is 9.53 Å². The van der Waals surface area contributed by atoms with E-state index in [0.717, 1.165) is 34.5 Å². The minimum Gasteiger partial charge on any atom is -0.462 e. The number of carbonyl (C=O) groups is 2. The predicted molar refractivity (Wildman–Crippen MR) is 143 cm³/mol. The van der Waals surface area contributed by atoms with Crippen molar-refractivity contribution in [1.29, 1.82) is 0 Å². The second-order valence-electron chi connectivity index (χ2n) is 8.92. The highest BCUT2D eigenvalue weighted by atomic mass is 32.1. The van der Waals surface area contributed by atoms with Gasteiger partial charge in [-0.05, 0) is 96.3 Å². The topological polar surface area (TPSA) is 58.6 Å². The Bertz CT molecular complexity index is 1390. The minimum absolute atomic E-state index is 0.0448. The van der Waals surface area contributed by atoms with Gasteiger partial charge in [-0.3, -0.25) is 4.79 Å². The summed E-state index contributed by atoms with van der Waals surface area (Å²) in [6.07, 6.45) is 0.805. The lowest BCUT2D eigenvalue weighted by atomic mass is 9.88. The smallest absolute Gasteiger partial charge is 0.338 e.